The van der Waals surface area contributed by atoms with Crippen molar-refractivity contribution in [2.75, 3.05) is 52.8 Å². The normalized spacial score (nSPS) is 17.0. The van der Waals surface area contributed by atoms with E-state index in [0.717, 1.165) is 21.7 Å². The van der Waals surface area contributed by atoms with Gasteiger partial charge in [0.2, 0.25) is 17.7 Å². The topological polar surface area (TPSA) is 166 Å². The maximum atomic E-state index is 13.9. The second-order valence-electron chi connectivity index (χ2n) is 12.0. The van der Waals surface area contributed by atoms with Gasteiger partial charge in [-0.1, -0.05) is 45.0 Å². The monoisotopic (exact) mass is 662 g/mol. The van der Waals surface area contributed by atoms with E-state index in [1.54, 1.807) is 16.8 Å². The van der Waals surface area contributed by atoms with Crippen molar-refractivity contribution in [3.05, 3.63) is 41.0 Å². The fraction of sp³-hybridized carbons (Fsp3) is 0.594. The smallest absolute Gasteiger partial charge is 0.302 e. The van der Waals surface area contributed by atoms with Crippen LogP contribution in [0.15, 0.2) is 29.8 Å². The van der Waals surface area contributed by atoms with E-state index in [9.17, 15) is 19.2 Å². The Morgan fingerprint density at radius 1 is 1.04 bits per heavy atom. The molecule has 3 rings (SSSR count). The van der Waals surface area contributed by atoms with Crippen LogP contribution in [0.5, 0.6) is 0 Å². The number of hydrogen-bond donors (Lipinski definition) is 3. The Labute approximate surface area is 273 Å². The largest absolute Gasteiger partial charge is 0.461 e. The van der Waals surface area contributed by atoms with Gasteiger partial charge in [-0.3, -0.25) is 19.2 Å². The lowest BCUT2D eigenvalue weighted by Gasteiger charge is -2.35. The van der Waals surface area contributed by atoms with Crippen LogP contribution >= 0.6 is 11.3 Å². The van der Waals surface area contributed by atoms with Gasteiger partial charge >= 0.3 is 5.97 Å². The summed E-state index contributed by atoms with van der Waals surface area (Å²) in [5, 5.41) is 14.4. The van der Waals surface area contributed by atoms with Crippen molar-refractivity contribution in [1.82, 2.24) is 20.5 Å². The highest BCUT2D eigenvalue weighted by Gasteiger charge is 2.45. The third-order valence-electron chi connectivity index (χ3n) is 7.24. The molecular formula is C32H46N4O9S. The highest BCUT2D eigenvalue weighted by Crippen LogP contribution is 2.29. The van der Waals surface area contributed by atoms with Gasteiger partial charge in [-0.05, 0) is 23.5 Å². The number of hydrogen-bond acceptors (Lipinski definition) is 11. The zero-order chi connectivity index (χ0) is 33.7. The fourth-order valence-electron chi connectivity index (χ4n) is 4.96. The molecule has 3 atom stereocenters. The van der Waals surface area contributed by atoms with Crippen molar-refractivity contribution in [3.63, 3.8) is 0 Å². The van der Waals surface area contributed by atoms with Crippen LogP contribution in [-0.2, 0) is 44.7 Å². The summed E-state index contributed by atoms with van der Waals surface area (Å²) >= 11 is 1.57. The SMILES string of the molecule is CC(=O)O[C@@H]1C[C@@H](C(=O)NCc2ccc(-c3scnc3C)cc2)N(C(=O)C(NC(=O)COCCOCCOCCO)C(C)(C)C)C1. The number of carbonyl (C=O) groups is 4. The van der Waals surface area contributed by atoms with Gasteiger partial charge in [0, 0.05) is 19.9 Å². The second-order valence-corrected chi connectivity index (χ2v) is 12.9. The molecule has 0 radical (unpaired) electrons. The number of nitrogens with one attached hydrogen (secondary N) is 2. The molecule has 1 fully saturated rings. The first-order valence-electron chi connectivity index (χ1n) is 15.3. The number of amides is 3. The van der Waals surface area contributed by atoms with Crippen molar-refractivity contribution in [1.29, 1.82) is 0 Å². The number of aliphatic hydroxyl groups is 1. The molecule has 3 amide bonds. The van der Waals surface area contributed by atoms with Gasteiger partial charge in [0.1, 0.15) is 24.8 Å². The Balaban J connectivity index is 1.60. The Morgan fingerprint density at radius 3 is 2.28 bits per heavy atom. The summed E-state index contributed by atoms with van der Waals surface area (Å²) in [6.45, 7) is 9.92. The van der Waals surface area contributed by atoms with Crippen molar-refractivity contribution in [2.45, 2.75) is 65.8 Å². The first-order valence-corrected chi connectivity index (χ1v) is 16.2. The lowest BCUT2D eigenvalue weighted by molar-refractivity contribution is -0.147. The van der Waals surface area contributed by atoms with Crippen molar-refractivity contribution in [3.8, 4) is 10.4 Å². The third kappa shape index (κ3) is 11.4. The van der Waals surface area contributed by atoms with Crippen LogP contribution in [0.1, 0.15) is 45.4 Å². The highest BCUT2D eigenvalue weighted by atomic mass is 32.1. The molecule has 2 heterocycles. The molecule has 1 aliphatic heterocycles. The molecule has 2 aromatic rings. The number of rotatable bonds is 17. The van der Waals surface area contributed by atoms with Crippen LogP contribution in [0.2, 0.25) is 0 Å². The molecule has 1 saturated heterocycles. The van der Waals surface area contributed by atoms with Crippen LogP contribution in [0.25, 0.3) is 10.4 Å². The summed E-state index contributed by atoms with van der Waals surface area (Å²) in [7, 11) is 0. The summed E-state index contributed by atoms with van der Waals surface area (Å²) < 4.78 is 21.2. The molecular weight excluding hydrogens is 616 g/mol. The van der Waals surface area contributed by atoms with E-state index >= 15 is 0 Å². The Bertz CT molecular complexity index is 1300. The predicted molar refractivity (Wildman–Crippen MR) is 171 cm³/mol. The first kappa shape index (κ1) is 37.0. The molecule has 1 unspecified atom stereocenters. The molecule has 46 heavy (non-hydrogen) atoms. The van der Waals surface area contributed by atoms with E-state index < -0.39 is 41.4 Å². The average molecular weight is 663 g/mol. The van der Waals surface area contributed by atoms with Gasteiger partial charge in [0.05, 0.1) is 62.3 Å². The van der Waals surface area contributed by atoms with Crippen LogP contribution in [0, 0.1) is 12.3 Å². The molecule has 1 aromatic heterocycles. The van der Waals surface area contributed by atoms with Gasteiger partial charge in [0.15, 0.2) is 0 Å². The summed E-state index contributed by atoms with van der Waals surface area (Å²) in [6.07, 6.45) is -0.521. The molecule has 14 heteroatoms. The number of ether oxygens (including phenoxy) is 4. The number of aromatic nitrogens is 1. The summed E-state index contributed by atoms with van der Waals surface area (Å²) in [5.74, 6) is -1.83. The lowest BCUT2D eigenvalue weighted by Crippen LogP contribution is -2.58. The summed E-state index contributed by atoms with van der Waals surface area (Å²) in [4.78, 5) is 58.7. The number of benzene rings is 1. The zero-order valence-electron chi connectivity index (χ0n) is 27.2. The van der Waals surface area contributed by atoms with Gasteiger partial charge in [-0.15, -0.1) is 11.3 Å². The molecule has 3 N–H and O–H groups in total. The van der Waals surface area contributed by atoms with E-state index in [4.69, 9.17) is 24.1 Å². The lowest BCUT2D eigenvalue weighted by atomic mass is 9.85. The predicted octanol–water partition coefficient (Wildman–Crippen LogP) is 1.84. The number of nitrogens with zero attached hydrogens (tertiary/aromatic N) is 2. The van der Waals surface area contributed by atoms with Crippen LogP contribution < -0.4 is 10.6 Å². The Kier molecular flexibility index (Phi) is 14.5. The fourth-order valence-corrected chi connectivity index (χ4v) is 5.77. The molecule has 0 bridgehead atoms. The zero-order valence-corrected chi connectivity index (χ0v) is 28.0. The third-order valence-corrected chi connectivity index (χ3v) is 8.22. The van der Waals surface area contributed by atoms with Gasteiger partial charge < -0.3 is 39.6 Å². The number of carbonyl (C=O) groups excluding carboxylic acids is 4. The minimum Gasteiger partial charge on any atom is -0.461 e. The molecule has 0 spiro atoms. The summed E-state index contributed by atoms with van der Waals surface area (Å²) in [5.41, 5.74) is 3.98. The van der Waals surface area contributed by atoms with Crippen LogP contribution in [0.3, 0.4) is 0 Å². The van der Waals surface area contributed by atoms with Gasteiger partial charge in [-0.25, -0.2) is 4.98 Å². The molecule has 0 aliphatic carbocycles. The number of aliphatic hydroxyl groups excluding tert-OH is 1. The number of aryl methyl sites for hydroxylation is 1. The summed E-state index contributed by atoms with van der Waals surface area (Å²) in [6, 6.07) is 5.95. The van der Waals surface area contributed by atoms with Crippen LogP contribution in [0.4, 0.5) is 0 Å². The number of likely N-dealkylation sites (tertiary alicyclic amines) is 1. The van der Waals surface area contributed by atoms with Crippen LogP contribution in [-0.4, -0.2) is 110 Å². The minimum absolute atomic E-state index is 0.0255. The van der Waals surface area contributed by atoms with E-state index in [-0.39, 0.29) is 58.5 Å². The van der Waals surface area contributed by atoms with E-state index in [2.05, 4.69) is 15.6 Å². The second kappa shape index (κ2) is 18.0. The van der Waals surface area contributed by atoms with E-state index in [1.165, 1.54) is 11.8 Å². The molecule has 254 valence electrons. The van der Waals surface area contributed by atoms with Crippen molar-refractivity contribution in [2.24, 2.45) is 5.41 Å². The maximum Gasteiger partial charge on any atom is 0.302 e. The molecule has 1 aliphatic rings. The van der Waals surface area contributed by atoms with E-state index in [1.807, 2.05) is 52.0 Å². The molecule has 13 nitrogen and oxygen atoms in total. The Hall–Kier alpha value is -3.43. The number of thiazole rings is 1. The first-order chi connectivity index (χ1) is 21.9. The minimum atomic E-state index is -0.974. The van der Waals surface area contributed by atoms with Crippen molar-refractivity contribution >= 4 is 35.0 Å². The van der Waals surface area contributed by atoms with Gasteiger partial charge in [-0.2, -0.15) is 0 Å². The Morgan fingerprint density at radius 2 is 1.70 bits per heavy atom. The standard InChI is InChI=1S/C32H46N4O9S/c1-21-28(46-20-34-21)24-8-6-23(7-9-24)17-33-30(40)26-16-25(45-22(2)38)18-36(26)31(41)29(32(3,4)5)35-27(39)19-44-15-14-43-13-12-42-11-10-37/h6-9,20,25-26,29,37H,10-19H2,1-5H3,(H,33,40)(H,35,39)/t25-,26+,29?/m1/s1. The van der Waals surface area contributed by atoms with Crippen molar-refractivity contribution < 1.29 is 43.2 Å². The molecule has 1 aromatic carbocycles. The maximum absolute atomic E-state index is 13.9. The quantitative estimate of drug-likeness (QED) is 0.168. The van der Waals surface area contributed by atoms with Gasteiger partial charge in [0.25, 0.3) is 0 Å². The average Bonchev–Trinajstić information content (AvgIpc) is 3.63. The highest BCUT2D eigenvalue weighted by molar-refractivity contribution is 7.13. The number of esters is 1. The van der Waals surface area contributed by atoms with E-state index in [0.29, 0.717) is 13.2 Å². The molecule has 0 saturated carbocycles.